The van der Waals surface area contributed by atoms with E-state index in [0.29, 0.717) is 11.7 Å². The van der Waals surface area contributed by atoms with Crippen molar-refractivity contribution in [2.24, 2.45) is 0 Å². The molecule has 0 bridgehead atoms. The van der Waals surface area contributed by atoms with Crippen molar-refractivity contribution < 1.29 is 9.47 Å². The average Bonchev–Trinajstić information content (AvgIpc) is 2.47. The molecule has 1 aromatic rings. The fourth-order valence-corrected chi connectivity index (χ4v) is 2.50. The molecule has 0 spiro atoms. The van der Waals surface area contributed by atoms with Gasteiger partial charge in [-0.1, -0.05) is 45.0 Å². The Morgan fingerprint density at radius 3 is 2.38 bits per heavy atom. The molecule has 1 fully saturated rings. The van der Waals surface area contributed by atoms with Crippen molar-refractivity contribution in [1.82, 2.24) is 4.90 Å². The summed E-state index contributed by atoms with van der Waals surface area (Å²) in [5, 5.41) is 0.587. The second-order valence-electron chi connectivity index (χ2n) is 6.42. The predicted octanol–water partition coefficient (Wildman–Crippen LogP) is 3.01. The van der Waals surface area contributed by atoms with Gasteiger partial charge in [0.1, 0.15) is 6.61 Å². The molecule has 1 aromatic carbocycles. The van der Waals surface area contributed by atoms with Gasteiger partial charge in [0.25, 0.3) is 0 Å². The lowest BCUT2D eigenvalue weighted by Crippen LogP contribution is -2.38. The molecular formula is C17H25NO2S. The van der Waals surface area contributed by atoms with Crippen molar-refractivity contribution in [2.75, 3.05) is 39.5 Å². The Labute approximate surface area is 133 Å². The number of benzene rings is 1. The Bertz CT molecular complexity index is 459. The third-order valence-electron chi connectivity index (χ3n) is 3.73. The minimum Gasteiger partial charge on any atom is -0.482 e. The quantitative estimate of drug-likeness (QED) is 0.797. The lowest BCUT2D eigenvalue weighted by Gasteiger charge is -2.26. The zero-order valence-corrected chi connectivity index (χ0v) is 14.0. The lowest BCUT2D eigenvalue weighted by molar-refractivity contribution is 0.0318. The second-order valence-corrected chi connectivity index (χ2v) is 6.79. The van der Waals surface area contributed by atoms with Gasteiger partial charge in [-0.25, -0.2) is 0 Å². The molecular weight excluding hydrogens is 282 g/mol. The van der Waals surface area contributed by atoms with Gasteiger partial charge in [-0.05, 0) is 23.2 Å². The minimum absolute atomic E-state index is 0.164. The Morgan fingerprint density at radius 1 is 1.19 bits per heavy atom. The van der Waals surface area contributed by atoms with Crippen LogP contribution in [0.4, 0.5) is 0 Å². The highest BCUT2D eigenvalue weighted by Gasteiger charge is 2.14. The van der Waals surface area contributed by atoms with Crippen LogP contribution in [0.3, 0.4) is 0 Å². The molecule has 4 heteroatoms. The maximum absolute atomic E-state index is 5.71. The summed E-state index contributed by atoms with van der Waals surface area (Å²) < 4.78 is 11.0. The molecule has 0 aliphatic carbocycles. The first-order chi connectivity index (χ1) is 9.97. The average molecular weight is 307 g/mol. The molecule has 0 N–H and O–H groups in total. The highest BCUT2D eigenvalue weighted by molar-refractivity contribution is 7.80. The van der Waals surface area contributed by atoms with Crippen molar-refractivity contribution in [3.05, 3.63) is 35.4 Å². The summed E-state index contributed by atoms with van der Waals surface area (Å²) in [5.74, 6) is 0. The first-order valence-corrected chi connectivity index (χ1v) is 7.95. The monoisotopic (exact) mass is 307 g/mol. The number of rotatable bonds is 4. The van der Waals surface area contributed by atoms with Crippen LogP contribution < -0.4 is 0 Å². The van der Waals surface area contributed by atoms with Gasteiger partial charge in [0.2, 0.25) is 0 Å². The Hall–Kier alpha value is -0.970. The molecule has 0 unspecified atom stereocenters. The summed E-state index contributed by atoms with van der Waals surface area (Å²) in [6.07, 6.45) is 0. The van der Waals surface area contributed by atoms with E-state index in [0.717, 1.165) is 38.4 Å². The number of hydrogen-bond donors (Lipinski definition) is 0. The number of thiocarbonyl (C=S) groups is 1. The van der Waals surface area contributed by atoms with Crippen molar-refractivity contribution in [2.45, 2.75) is 26.2 Å². The van der Waals surface area contributed by atoms with Crippen LogP contribution in [0.15, 0.2) is 24.3 Å². The lowest BCUT2D eigenvalue weighted by atomic mass is 9.87. The third kappa shape index (κ3) is 5.06. The van der Waals surface area contributed by atoms with Crippen LogP contribution in [0.2, 0.25) is 0 Å². The molecule has 1 aliphatic heterocycles. The van der Waals surface area contributed by atoms with E-state index in [1.807, 2.05) is 0 Å². The van der Waals surface area contributed by atoms with Crippen LogP contribution in [-0.2, 0) is 14.9 Å². The Balaban J connectivity index is 1.80. The second kappa shape index (κ2) is 7.34. The fraction of sp³-hybridized carbons (Fsp3) is 0.588. The van der Waals surface area contributed by atoms with E-state index < -0.39 is 0 Å². The van der Waals surface area contributed by atoms with E-state index >= 15 is 0 Å². The van der Waals surface area contributed by atoms with Crippen molar-refractivity contribution in [3.63, 3.8) is 0 Å². The Morgan fingerprint density at radius 2 is 1.81 bits per heavy atom. The van der Waals surface area contributed by atoms with E-state index in [4.69, 9.17) is 21.7 Å². The van der Waals surface area contributed by atoms with Gasteiger partial charge in [-0.3, -0.25) is 4.90 Å². The smallest absolute Gasteiger partial charge is 0.191 e. The van der Waals surface area contributed by atoms with Gasteiger partial charge in [-0.15, -0.1) is 0 Å². The topological polar surface area (TPSA) is 21.7 Å². The third-order valence-corrected chi connectivity index (χ3v) is 4.08. The molecule has 0 aromatic heterocycles. The molecule has 0 saturated carbocycles. The molecule has 1 aliphatic rings. The molecule has 116 valence electrons. The van der Waals surface area contributed by atoms with E-state index in [-0.39, 0.29) is 5.41 Å². The fourth-order valence-electron chi connectivity index (χ4n) is 2.28. The first-order valence-electron chi connectivity index (χ1n) is 7.54. The summed E-state index contributed by atoms with van der Waals surface area (Å²) in [6.45, 7) is 11.8. The molecule has 0 amide bonds. The number of morpholine rings is 1. The highest BCUT2D eigenvalue weighted by Crippen LogP contribution is 2.22. The molecule has 21 heavy (non-hydrogen) atoms. The summed E-state index contributed by atoms with van der Waals surface area (Å²) in [7, 11) is 0. The van der Waals surface area contributed by atoms with Crippen molar-refractivity contribution in [1.29, 1.82) is 0 Å². The molecule has 1 saturated heterocycles. The maximum atomic E-state index is 5.71. The zero-order chi connectivity index (χ0) is 15.3. The van der Waals surface area contributed by atoms with Crippen molar-refractivity contribution >= 4 is 17.3 Å². The number of ether oxygens (including phenoxy) is 2. The normalized spacial score (nSPS) is 16.7. The van der Waals surface area contributed by atoms with Crippen LogP contribution >= 0.6 is 12.2 Å². The standard InChI is InChI=1S/C17H25NO2S/c1-17(2,3)15-6-4-14(5-7-15)16(21)20-13-10-18-8-11-19-12-9-18/h4-7H,8-13H2,1-3H3. The molecule has 3 nitrogen and oxygen atoms in total. The summed E-state index contributed by atoms with van der Waals surface area (Å²) in [6, 6.07) is 8.37. The SMILES string of the molecule is CC(C)(C)c1ccc(C(=S)OCCN2CCOCC2)cc1. The number of hydrogen-bond acceptors (Lipinski definition) is 4. The first kappa shape index (κ1) is 16.4. The Kier molecular flexibility index (Phi) is 5.73. The van der Waals surface area contributed by atoms with E-state index in [1.54, 1.807) is 0 Å². The zero-order valence-electron chi connectivity index (χ0n) is 13.2. The van der Waals surface area contributed by atoms with Crippen molar-refractivity contribution in [3.8, 4) is 0 Å². The van der Waals surface area contributed by atoms with E-state index in [1.165, 1.54) is 5.56 Å². The highest BCUT2D eigenvalue weighted by atomic mass is 32.1. The van der Waals surface area contributed by atoms with Crippen LogP contribution in [0.1, 0.15) is 31.9 Å². The van der Waals surface area contributed by atoms with E-state index in [9.17, 15) is 0 Å². The largest absolute Gasteiger partial charge is 0.482 e. The van der Waals surface area contributed by atoms with Gasteiger partial charge in [0.15, 0.2) is 5.05 Å². The number of nitrogens with zero attached hydrogens (tertiary/aromatic N) is 1. The van der Waals surface area contributed by atoms with E-state index in [2.05, 4.69) is 49.9 Å². The van der Waals surface area contributed by atoms with Gasteiger partial charge in [0.05, 0.1) is 13.2 Å². The van der Waals surface area contributed by atoms with Crippen LogP contribution in [0.5, 0.6) is 0 Å². The van der Waals surface area contributed by atoms with Gasteiger partial charge in [-0.2, -0.15) is 0 Å². The van der Waals surface area contributed by atoms with Gasteiger partial charge in [0, 0.05) is 25.2 Å². The molecule has 1 heterocycles. The minimum atomic E-state index is 0.164. The summed E-state index contributed by atoms with van der Waals surface area (Å²) in [4.78, 5) is 2.34. The molecule has 2 rings (SSSR count). The van der Waals surface area contributed by atoms with Crippen LogP contribution in [0, 0.1) is 0 Å². The molecule has 0 radical (unpaired) electrons. The van der Waals surface area contributed by atoms with Crippen LogP contribution in [0.25, 0.3) is 0 Å². The maximum Gasteiger partial charge on any atom is 0.191 e. The summed E-state index contributed by atoms with van der Waals surface area (Å²) >= 11 is 5.36. The van der Waals surface area contributed by atoms with Gasteiger partial charge >= 0.3 is 0 Å². The summed E-state index contributed by atoms with van der Waals surface area (Å²) in [5.41, 5.74) is 2.46. The molecule has 0 atom stereocenters. The van der Waals surface area contributed by atoms with Crippen LogP contribution in [-0.4, -0.2) is 49.4 Å². The predicted molar refractivity (Wildman–Crippen MR) is 90.1 cm³/mol. The van der Waals surface area contributed by atoms with Gasteiger partial charge < -0.3 is 9.47 Å².